The number of carbonyl (C=O) groups excluding carboxylic acids is 1. The highest BCUT2D eigenvalue weighted by atomic mass is 79.9. The summed E-state index contributed by atoms with van der Waals surface area (Å²) >= 11 is 3.34. The fraction of sp³-hybridized carbons (Fsp3) is 0.500. The van der Waals surface area contributed by atoms with Crippen molar-refractivity contribution in [3.8, 4) is 0 Å². The number of rotatable bonds is 4. The van der Waals surface area contributed by atoms with Gasteiger partial charge in [-0.25, -0.2) is 0 Å². The van der Waals surface area contributed by atoms with Gasteiger partial charge in [0.2, 0.25) is 0 Å². The quantitative estimate of drug-likeness (QED) is 0.803. The predicted molar refractivity (Wildman–Crippen MR) is 84.8 cm³/mol. The van der Waals surface area contributed by atoms with Gasteiger partial charge in [0.1, 0.15) is 0 Å². The van der Waals surface area contributed by atoms with Gasteiger partial charge in [0, 0.05) is 55.0 Å². The predicted octanol–water partition coefficient (Wildman–Crippen LogP) is 1.01. The summed E-state index contributed by atoms with van der Waals surface area (Å²) in [5.74, 6) is -0.0767. The standard InChI is InChI=1S/C14H21BrN4O/c1-18-4-6-19(7-5-18)3-2-17-14(20)11-8-12(15)10-13(16)9-11/h8-10H,2-7,16H2,1H3,(H,17,20). The van der Waals surface area contributed by atoms with E-state index in [2.05, 4.69) is 38.1 Å². The molecule has 0 aromatic heterocycles. The van der Waals surface area contributed by atoms with Crippen molar-refractivity contribution in [3.63, 3.8) is 0 Å². The number of halogens is 1. The minimum Gasteiger partial charge on any atom is -0.399 e. The van der Waals surface area contributed by atoms with Crippen LogP contribution in [0.4, 0.5) is 5.69 Å². The maximum Gasteiger partial charge on any atom is 0.251 e. The van der Waals surface area contributed by atoms with Crippen molar-refractivity contribution in [3.05, 3.63) is 28.2 Å². The molecule has 3 N–H and O–H groups in total. The second kappa shape index (κ2) is 7.06. The van der Waals surface area contributed by atoms with E-state index in [0.717, 1.165) is 37.2 Å². The van der Waals surface area contributed by atoms with E-state index < -0.39 is 0 Å². The molecule has 1 amide bonds. The van der Waals surface area contributed by atoms with E-state index in [9.17, 15) is 4.79 Å². The van der Waals surface area contributed by atoms with Crippen LogP contribution in [0.1, 0.15) is 10.4 Å². The number of piperazine rings is 1. The molecule has 0 spiro atoms. The molecule has 0 unspecified atom stereocenters. The average Bonchev–Trinajstić information content (AvgIpc) is 2.40. The van der Waals surface area contributed by atoms with Crippen LogP contribution in [0.2, 0.25) is 0 Å². The molecule has 1 fully saturated rings. The molecule has 0 atom stereocenters. The molecule has 0 radical (unpaired) electrons. The van der Waals surface area contributed by atoms with Crippen molar-refractivity contribution in [2.24, 2.45) is 0 Å². The Morgan fingerprint density at radius 2 is 2.00 bits per heavy atom. The van der Waals surface area contributed by atoms with Crippen LogP contribution in [0.15, 0.2) is 22.7 Å². The summed E-state index contributed by atoms with van der Waals surface area (Å²) in [6, 6.07) is 5.25. The molecule has 110 valence electrons. The van der Waals surface area contributed by atoms with Crippen molar-refractivity contribution < 1.29 is 4.79 Å². The summed E-state index contributed by atoms with van der Waals surface area (Å²) in [6.07, 6.45) is 0. The van der Waals surface area contributed by atoms with Crippen molar-refractivity contribution in [2.75, 3.05) is 52.0 Å². The Balaban J connectivity index is 1.77. The number of carbonyl (C=O) groups is 1. The van der Waals surface area contributed by atoms with E-state index in [4.69, 9.17) is 5.73 Å². The Labute approximate surface area is 128 Å². The fourth-order valence-corrected chi connectivity index (χ4v) is 2.76. The minimum atomic E-state index is -0.0767. The molecule has 2 rings (SSSR count). The molecule has 1 aromatic rings. The lowest BCUT2D eigenvalue weighted by atomic mass is 10.2. The van der Waals surface area contributed by atoms with Crippen LogP contribution >= 0.6 is 15.9 Å². The first-order valence-corrected chi connectivity index (χ1v) is 7.59. The number of hydrogen-bond donors (Lipinski definition) is 2. The monoisotopic (exact) mass is 340 g/mol. The van der Waals surface area contributed by atoms with Gasteiger partial charge in [0.25, 0.3) is 5.91 Å². The van der Waals surface area contributed by atoms with Crippen LogP contribution in [0.3, 0.4) is 0 Å². The Morgan fingerprint density at radius 3 is 2.65 bits per heavy atom. The normalized spacial score (nSPS) is 17.1. The van der Waals surface area contributed by atoms with E-state index in [1.54, 1.807) is 18.2 Å². The first-order valence-electron chi connectivity index (χ1n) is 6.80. The van der Waals surface area contributed by atoms with Gasteiger partial charge in [-0.15, -0.1) is 0 Å². The molecule has 1 heterocycles. The van der Waals surface area contributed by atoms with E-state index in [1.807, 2.05) is 0 Å². The number of nitrogens with zero attached hydrogens (tertiary/aromatic N) is 2. The molecule has 1 aromatic carbocycles. The van der Waals surface area contributed by atoms with Crippen LogP contribution in [0.5, 0.6) is 0 Å². The highest BCUT2D eigenvalue weighted by molar-refractivity contribution is 9.10. The fourth-order valence-electron chi connectivity index (χ4n) is 2.24. The third kappa shape index (κ3) is 4.47. The Bertz CT molecular complexity index is 452. The topological polar surface area (TPSA) is 61.6 Å². The first-order chi connectivity index (χ1) is 9.54. The number of nitrogens with one attached hydrogen (secondary N) is 1. The van der Waals surface area contributed by atoms with E-state index >= 15 is 0 Å². The highest BCUT2D eigenvalue weighted by Gasteiger charge is 2.13. The van der Waals surface area contributed by atoms with Crippen LogP contribution in [-0.2, 0) is 0 Å². The lowest BCUT2D eigenvalue weighted by Crippen LogP contribution is -2.46. The molecule has 0 saturated carbocycles. The Kier molecular flexibility index (Phi) is 5.39. The van der Waals surface area contributed by atoms with Crippen LogP contribution in [-0.4, -0.2) is 62.0 Å². The molecule has 0 aliphatic carbocycles. The summed E-state index contributed by atoms with van der Waals surface area (Å²) < 4.78 is 0.821. The van der Waals surface area contributed by atoms with E-state index in [-0.39, 0.29) is 5.91 Å². The van der Waals surface area contributed by atoms with Crippen molar-refractivity contribution in [2.45, 2.75) is 0 Å². The van der Waals surface area contributed by atoms with E-state index in [0.29, 0.717) is 17.8 Å². The zero-order chi connectivity index (χ0) is 14.5. The number of benzene rings is 1. The lowest BCUT2D eigenvalue weighted by molar-refractivity contribution is 0.0941. The van der Waals surface area contributed by atoms with Gasteiger partial charge in [-0.2, -0.15) is 0 Å². The summed E-state index contributed by atoms with van der Waals surface area (Å²) in [5, 5.41) is 2.94. The highest BCUT2D eigenvalue weighted by Crippen LogP contribution is 2.17. The molecule has 0 bridgehead atoms. The molecule has 20 heavy (non-hydrogen) atoms. The average molecular weight is 341 g/mol. The summed E-state index contributed by atoms with van der Waals surface area (Å²) in [6.45, 7) is 5.87. The van der Waals surface area contributed by atoms with Crippen LogP contribution < -0.4 is 11.1 Å². The summed E-state index contributed by atoms with van der Waals surface area (Å²) in [5.41, 5.74) is 6.91. The SMILES string of the molecule is CN1CCN(CCNC(=O)c2cc(N)cc(Br)c2)CC1. The maximum absolute atomic E-state index is 12.0. The van der Waals surface area contributed by atoms with Crippen molar-refractivity contribution in [1.29, 1.82) is 0 Å². The van der Waals surface area contributed by atoms with Crippen molar-refractivity contribution >= 4 is 27.5 Å². The van der Waals surface area contributed by atoms with Gasteiger partial charge in [-0.1, -0.05) is 15.9 Å². The number of likely N-dealkylation sites (N-methyl/N-ethyl adjacent to an activating group) is 1. The Morgan fingerprint density at radius 1 is 1.30 bits per heavy atom. The molecule has 1 aliphatic heterocycles. The molecule has 6 heteroatoms. The molecule has 1 saturated heterocycles. The van der Waals surface area contributed by atoms with Crippen molar-refractivity contribution in [1.82, 2.24) is 15.1 Å². The third-order valence-electron chi connectivity index (χ3n) is 3.49. The summed E-state index contributed by atoms with van der Waals surface area (Å²) in [7, 11) is 2.14. The second-order valence-electron chi connectivity index (χ2n) is 5.17. The van der Waals surface area contributed by atoms with Gasteiger partial charge in [-0.3, -0.25) is 9.69 Å². The summed E-state index contributed by atoms with van der Waals surface area (Å²) in [4.78, 5) is 16.7. The number of hydrogen-bond acceptors (Lipinski definition) is 4. The molecular weight excluding hydrogens is 320 g/mol. The zero-order valence-electron chi connectivity index (χ0n) is 11.7. The van der Waals surface area contributed by atoms with E-state index in [1.165, 1.54) is 0 Å². The molecule has 1 aliphatic rings. The largest absolute Gasteiger partial charge is 0.399 e. The van der Waals surface area contributed by atoms with Crippen LogP contribution in [0.25, 0.3) is 0 Å². The van der Waals surface area contributed by atoms with Crippen LogP contribution in [0, 0.1) is 0 Å². The minimum absolute atomic E-state index is 0.0767. The third-order valence-corrected chi connectivity index (χ3v) is 3.95. The zero-order valence-corrected chi connectivity index (χ0v) is 13.3. The first kappa shape index (κ1) is 15.3. The van der Waals surface area contributed by atoms with Gasteiger partial charge >= 0.3 is 0 Å². The number of anilines is 1. The van der Waals surface area contributed by atoms with Gasteiger partial charge in [0.15, 0.2) is 0 Å². The number of nitrogen functional groups attached to an aromatic ring is 1. The number of amides is 1. The molecular formula is C14H21BrN4O. The second-order valence-corrected chi connectivity index (χ2v) is 6.09. The smallest absolute Gasteiger partial charge is 0.251 e. The van der Waals surface area contributed by atoms with Gasteiger partial charge in [-0.05, 0) is 25.2 Å². The lowest BCUT2D eigenvalue weighted by Gasteiger charge is -2.32. The maximum atomic E-state index is 12.0. The Hall–Kier alpha value is -1.11. The number of nitrogens with two attached hydrogens (primary N) is 1. The molecule has 5 nitrogen and oxygen atoms in total. The van der Waals surface area contributed by atoms with Gasteiger partial charge in [0.05, 0.1) is 0 Å². The van der Waals surface area contributed by atoms with Gasteiger partial charge < -0.3 is 16.0 Å².